The fourth-order valence-electron chi connectivity index (χ4n) is 1.90. The molecule has 0 aliphatic rings. The third-order valence-corrected chi connectivity index (χ3v) is 3.20. The summed E-state index contributed by atoms with van der Waals surface area (Å²) in [5.41, 5.74) is 8.63. The van der Waals surface area contributed by atoms with Crippen LogP contribution in [0.2, 0.25) is 0 Å². The molecule has 0 aromatic heterocycles. The van der Waals surface area contributed by atoms with E-state index in [1.165, 1.54) is 6.07 Å². The minimum absolute atomic E-state index is 0.0441. The maximum absolute atomic E-state index is 11.9. The lowest BCUT2D eigenvalue weighted by Crippen LogP contribution is -2.19. The van der Waals surface area contributed by atoms with Crippen molar-refractivity contribution >= 4 is 28.8 Å². The van der Waals surface area contributed by atoms with Crippen LogP contribution in [0.15, 0.2) is 36.4 Å². The van der Waals surface area contributed by atoms with Crippen molar-refractivity contribution in [2.24, 2.45) is 0 Å². The molecule has 7 heteroatoms. The van der Waals surface area contributed by atoms with E-state index in [1.807, 2.05) is 6.92 Å². The number of nitro benzene ring substituents is 1. The maximum Gasteiger partial charge on any atom is 0.323 e. The standard InChI is InChI=1S/C15H16N4O3/c1-9-3-5-11(7-13(9)16)17-15(20)18-12-6-4-10(2)14(8-12)19(21)22/h3-8H,16H2,1-2H3,(H2,17,18,20). The number of hydrogen-bond donors (Lipinski definition) is 3. The molecule has 0 radical (unpaired) electrons. The van der Waals surface area contributed by atoms with Gasteiger partial charge in [0.2, 0.25) is 0 Å². The fraction of sp³-hybridized carbons (Fsp3) is 0.133. The van der Waals surface area contributed by atoms with E-state index in [0.29, 0.717) is 22.6 Å². The number of rotatable bonds is 3. The molecule has 114 valence electrons. The van der Waals surface area contributed by atoms with Gasteiger partial charge in [-0.3, -0.25) is 10.1 Å². The molecule has 0 fully saturated rings. The number of amides is 2. The smallest absolute Gasteiger partial charge is 0.323 e. The number of carbonyl (C=O) groups excluding carboxylic acids is 1. The van der Waals surface area contributed by atoms with E-state index < -0.39 is 11.0 Å². The summed E-state index contributed by atoms with van der Waals surface area (Å²) >= 11 is 0. The van der Waals surface area contributed by atoms with Gasteiger partial charge in [-0.05, 0) is 37.6 Å². The number of nitrogen functional groups attached to an aromatic ring is 1. The van der Waals surface area contributed by atoms with Crippen LogP contribution in [-0.2, 0) is 0 Å². The molecule has 22 heavy (non-hydrogen) atoms. The molecule has 0 heterocycles. The zero-order chi connectivity index (χ0) is 16.3. The summed E-state index contributed by atoms with van der Waals surface area (Å²) in [7, 11) is 0. The molecule has 0 aliphatic carbocycles. The minimum Gasteiger partial charge on any atom is -0.398 e. The van der Waals surface area contributed by atoms with Crippen molar-refractivity contribution in [2.45, 2.75) is 13.8 Å². The molecule has 2 amide bonds. The number of nitrogens with zero attached hydrogens (tertiary/aromatic N) is 1. The topological polar surface area (TPSA) is 110 Å². The Bertz CT molecular complexity index is 744. The zero-order valence-corrected chi connectivity index (χ0v) is 12.2. The van der Waals surface area contributed by atoms with Crippen molar-refractivity contribution in [3.8, 4) is 0 Å². The Labute approximate surface area is 127 Å². The summed E-state index contributed by atoms with van der Waals surface area (Å²) in [6, 6.07) is 9.17. The predicted octanol–water partition coefficient (Wildman–Crippen LogP) is 3.44. The Hall–Kier alpha value is -3.09. The number of nitrogens with one attached hydrogen (secondary N) is 2. The number of benzene rings is 2. The van der Waals surface area contributed by atoms with E-state index in [4.69, 9.17) is 5.73 Å². The molecule has 0 atom stereocenters. The number of carbonyl (C=O) groups is 1. The van der Waals surface area contributed by atoms with Crippen LogP contribution in [-0.4, -0.2) is 11.0 Å². The molecular weight excluding hydrogens is 284 g/mol. The lowest BCUT2D eigenvalue weighted by Gasteiger charge is -2.09. The average Bonchev–Trinajstić information content (AvgIpc) is 2.44. The van der Waals surface area contributed by atoms with Crippen molar-refractivity contribution < 1.29 is 9.72 Å². The summed E-state index contributed by atoms with van der Waals surface area (Å²) in [6.45, 7) is 3.50. The Morgan fingerprint density at radius 2 is 1.59 bits per heavy atom. The van der Waals surface area contributed by atoms with Gasteiger partial charge in [0, 0.05) is 28.7 Å². The molecule has 0 aliphatic heterocycles. The predicted molar refractivity (Wildman–Crippen MR) is 86.1 cm³/mol. The molecule has 0 bridgehead atoms. The molecule has 2 aromatic carbocycles. The van der Waals surface area contributed by atoms with Crippen molar-refractivity contribution in [2.75, 3.05) is 16.4 Å². The first-order chi connectivity index (χ1) is 10.4. The lowest BCUT2D eigenvalue weighted by molar-refractivity contribution is -0.385. The van der Waals surface area contributed by atoms with Crippen LogP contribution in [0.4, 0.5) is 27.5 Å². The number of hydrogen-bond acceptors (Lipinski definition) is 4. The molecule has 4 N–H and O–H groups in total. The first-order valence-corrected chi connectivity index (χ1v) is 6.56. The monoisotopic (exact) mass is 300 g/mol. The van der Waals surface area contributed by atoms with Crippen molar-refractivity contribution in [3.05, 3.63) is 57.6 Å². The summed E-state index contributed by atoms with van der Waals surface area (Å²) in [5, 5.41) is 16.1. The third kappa shape index (κ3) is 3.51. The van der Waals surface area contributed by atoms with Crippen LogP contribution in [0.25, 0.3) is 0 Å². The Balaban J connectivity index is 2.10. The molecule has 0 saturated heterocycles. The van der Waals surface area contributed by atoms with E-state index in [1.54, 1.807) is 37.3 Å². The van der Waals surface area contributed by atoms with Crippen LogP contribution in [0, 0.1) is 24.0 Å². The summed E-state index contributed by atoms with van der Waals surface area (Å²) < 4.78 is 0. The van der Waals surface area contributed by atoms with E-state index in [2.05, 4.69) is 10.6 Å². The van der Waals surface area contributed by atoms with Crippen LogP contribution >= 0.6 is 0 Å². The zero-order valence-electron chi connectivity index (χ0n) is 12.2. The van der Waals surface area contributed by atoms with Gasteiger partial charge in [-0.25, -0.2) is 4.79 Å². The Kier molecular flexibility index (Phi) is 4.26. The second-order valence-electron chi connectivity index (χ2n) is 4.91. The van der Waals surface area contributed by atoms with Crippen molar-refractivity contribution in [1.82, 2.24) is 0 Å². The highest BCUT2D eigenvalue weighted by Gasteiger charge is 2.12. The van der Waals surface area contributed by atoms with Crippen molar-refractivity contribution in [3.63, 3.8) is 0 Å². The summed E-state index contributed by atoms with van der Waals surface area (Å²) in [6.07, 6.45) is 0. The van der Waals surface area contributed by atoms with E-state index in [9.17, 15) is 14.9 Å². The van der Waals surface area contributed by atoms with Gasteiger partial charge in [-0.15, -0.1) is 0 Å². The molecule has 0 unspecified atom stereocenters. The molecule has 2 rings (SSSR count). The Morgan fingerprint density at radius 1 is 1.05 bits per heavy atom. The van der Waals surface area contributed by atoms with E-state index in [0.717, 1.165) is 5.56 Å². The lowest BCUT2D eigenvalue weighted by atomic mass is 10.2. The van der Waals surface area contributed by atoms with Gasteiger partial charge in [-0.1, -0.05) is 12.1 Å². The average molecular weight is 300 g/mol. The number of aryl methyl sites for hydroxylation is 2. The number of nitro groups is 1. The molecular formula is C15H16N4O3. The van der Waals surface area contributed by atoms with E-state index >= 15 is 0 Å². The number of urea groups is 1. The van der Waals surface area contributed by atoms with E-state index in [-0.39, 0.29) is 5.69 Å². The van der Waals surface area contributed by atoms with Crippen LogP contribution in [0.5, 0.6) is 0 Å². The van der Waals surface area contributed by atoms with Crippen LogP contribution in [0.3, 0.4) is 0 Å². The van der Waals surface area contributed by atoms with Gasteiger partial charge in [0.1, 0.15) is 0 Å². The largest absolute Gasteiger partial charge is 0.398 e. The molecule has 0 spiro atoms. The normalized spacial score (nSPS) is 10.1. The SMILES string of the molecule is Cc1ccc(NC(=O)Nc2ccc(C)c([N+](=O)[O-])c2)cc1N. The fourth-order valence-corrected chi connectivity index (χ4v) is 1.90. The second-order valence-corrected chi connectivity index (χ2v) is 4.91. The second kappa shape index (κ2) is 6.13. The van der Waals surface area contributed by atoms with Crippen molar-refractivity contribution in [1.29, 1.82) is 0 Å². The first kappa shape index (κ1) is 15.3. The van der Waals surface area contributed by atoms with Gasteiger partial charge < -0.3 is 16.4 Å². The van der Waals surface area contributed by atoms with Gasteiger partial charge in [0.05, 0.1) is 4.92 Å². The van der Waals surface area contributed by atoms with Gasteiger partial charge in [0.25, 0.3) is 5.69 Å². The molecule has 0 saturated carbocycles. The maximum atomic E-state index is 11.9. The van der Waals surface area contributed by atoms with Gasteiger partial charge in [0.15, 0.2) is 0 Å². The summed E-state index contributed by atoms with van der Waals surface area (Å²) in [4.78, 5) is 22.3. The highest BCUT2D eigenvalue weighted by molar-refractivity contribution is 6.00. The number of nitrogens with two attached hydrogens (primary N) is 1. The van der Waals surface area contributed by atoms with Gasteiger partial charge in [-0.2, -0.15) is 0 Å². The van der Waals surface area contributed by atoms with Crippen LogP contribution in [0.1, 0.15) is 11.1 Å². The highest BCUT2D eigenvalue weighted by Crippen LogP contribution is 2.22. The first-order valence-electron chi connectivity index (χ1n) is 6.56. The minimum atomic E-state index is -0.499. The number of anilines is 3. The van der Waals surface area contributed by atoms with Crippen LogP contribution < -0.4 is 16.4 Å². The summed E-state index contributed by atoms with van der Waals surface area (Å²) in [5.74, 6) is 0. The molecule has 7 nitrogen and oxygen atoms in total. The Morgan fingerprint density at radius 3 is 2.14 bits per heavy atom. The molecule has 2 aromatic rings. The third-order valence-electron chi connectivity index (χ3n) is 3.20. The highest BCUT2D eigenvalue weighted by atomic mass is 16.6. The van der Waals surface area contributed by atoms with Gasteiger partial charge >= 0.3 is 6.03 Å². The quantitative estimate of drug-likeness (QED) is 0.458.